The van der Waals surface area contributed by atoms with Crippen LogP contribution in [0.25, 0.3) is 0 Å². The number of anilines is 1. The molecule has 0 fully saturated rings. The Kier molecular flexibility index (Phi) is 5.16. The van der Waals surface area contributed by atoms with Crippen LogP contribution in [0.1, 0.15) is 66.9 Å². The minimum atomic E-state index is -0.354. The van der Waals surface area contributed by atoms with Crippen LogP contribution in [0, 0.1) is 13.8 Å². The lowest BCUT2D eigenvalue weighted by molar-refractivity contribution is -0.114. The molecule has 1 aromatic rings. The Morgan fingerprint density at radius 3 is 2.33 bits per heavy atom. The van der Waals surface area contributed by atoms with Gasteiger partial charge in [-0.15, -0.1) is 0 Å². The largest absolute Gasteiger partial charge is 0.304 e. The average molecular weight is 287 g/mol. The van der Waals surface area contributed by atoms with Gasteiger partial charge in [0.1, 0.15) is 0 Å². The maximum Gasteiger partial charge on any atom is 0.299 e. The third kappa shape index (κ3) is 3.17. The van der Waals surface area contributed by atoms with E-state index in [2.05, 4.69) is 6.92 Å². The molecular formula is C18H25NO2. The first-order valence-corrected chi connectivity index (χ1v) is 8.04. The maximum atomic E-state index is 12.2. The topological polar surface area (TPSA) is 37.4 Å². The summed E-state index contributed by atoms with van der Waals surface area (Å²) in [6.07, 6.45) is 7.09. The van der Waals surface area contributed by atoms with Crippen molar-refractivity contribution in [1.82, 2.24) is 0 Å². The minimum Gasteiger partial charge on any atom is -0.304 e. The molecule has 0 saturated heterocycles. The van der Waals surface area contributed by atoms with Gasteiger partial charge in [0.25, 0.3) is 11.7 Å². The first kappa shape index (κ1) is 15.7. The lowest BCUT2D eigenvalue weighted by Crippen LogP contribution is -2.31. The van der Waals surface area contributed by atoms with E-state index in [1.165, 1.54) is 25.7 Å². The quantitative estimate of drug-likeness (QED) is 0.557. The first-order chi connectivity index (χ1) is 10.1. The molecule has 1 amide bonds. The van der Waals surface area contributed by atoms with Crippen LogP contribution in [0.3, 0.4) is 0 Å². The fraction of sp³-hybridized carbons (Fsp3) is 0.556. The molecule has 0 bridgehead atoms. The second kappa shape index (κ2) is 6.88. The Hall–Kier alpha value is -1.64. The van der Waals surface area contributed by atoms with Crippen molar-refractivity contribution in [2.45, 2.75) is 59.3 Å². The summed E-state index contributed by atoms with van der Waals surface area (Å²) >= 11 is 0. The molecule has 1 aromatic carbocycles. The van der Waals surface area contributed by atoms with E-state index in [1.807, 2.05) is 19.9 Å². The van der Waals surface area contributed by atoms with Gasteiger partial charge in [-0.05, 0) is 37.5 Å². The van der Waals surface area contributed by atoms with Crippen molar-refractivity contribution < 1.29 is 9.59 Å². The summed E-state index contributed by atoms with van der Waals surface area (Å²) in [7, 11) is 0. The van der Waals surface area contributed by atoms with E-state index in [9.17, 15) is 9.59 Å². The number of rotatable bonds is 7. The standard InChI is InChI=1S/C18H25NO2/c1-4-5-6-7-8-9-12-19-16-14(3)13(2)10-11-15(16)17(20)18(19)21/h10-11H,4-9,12H2,1-3H3. The Balaban J connectivity index is 2.03. The number of hydrogen-bond acceptors (Lipinski definition) is 2. The molecular weight excluding hydrogens is 262 g/mol. The number of carbonyl (C=O) groups is 2. The zero-order valence-electron chi connectivity index (χ0n) is 13.4. The SMILES string of the molecule is CCCCCCCCN1C(=O)C(=O)c2ccc(C)c(C)c21. The molecule has 0 unspecified atom stereocenters. The van der Waals surface area contributed by atoms with Gasteiger partial charge < -0.3 is 4.90 Å². The number of benzene rings is 1. The second-order valence-electron chi connectivity index (χ2n) is 5.96. The molecule has 21 heavy (non-hydrogen) atoms. The summed E-state index contributed by atoms with van der Waals surface area (Å²) < 4.78 is 0. The molecule has 0 N–H and O–H groups in total. The van der Waals surface area contributed by atoms with Gasteiger partial charge in [0.15, 0.2) is 0 Å². The third-order valence-electron chi connectivity index (χ3n) is 4.39. The highest BCUT2D eigenvalue weighted by molar-refractivity contribution is 6.52. The van der Waals surface area contributed by atoms with Gasteiger partial charge in [-0.25, -0.2) is 0 Å². The monoisotopic (exact) mass is 287 g/mol. The lowest BCUT2D eigenvalue weighted by atomic mass is 10.0. The van der Waals surface area contributed by atoms with Crippen LogP contribution in [0.4, 0.5) is 5.69 Å². The van der Waals surface area contributed by atoms with Crippen molar-refractivity contribution in [3.05, 3.63) is 28.8 Å². The summed E-state index contributed by atoms with van der Waals surface area (Å²) in [5.74, 6) is -0.702. The number of nitrogens with zero attached hydrogens (tertiary/aromatic N) is 1. The number of aryl methyl sites for hydroxylation is 1. The molecule has 1 aliphatic rings. The summed E-state index contributed by atoms with van der Waals surface area (Å²) in [5, 5.41) is 0. The van der Waals surface area contributed by atoms with Gasteiger partial charge in [0.05, 0.1) is 11.3 Å². The Morgan fingerprint density at radius 2 is 1.62 bits per heavy atom. The van der Waals surface area contributed by atoms with Crippen molar-refractivity contribution in [1.29, 1.82) is 0 Å². The number of unbranched alkanes of at least 4 members (excludes halogenated alkanes) is 5. The predicted octanol–water partition coefficient (Wildman–Crippen LogP) is 4.19. The smallest absolute Gasteiger partial charge is 0.299 e. The van der Waals surface area contributed by atoms with Gasteiger partial charge in [-0.3, -0.25) is 9.59 Å². The van der Waals surface area contributed by atoms with Crippen LogP contribution in [0.5, 0.6) is 0 Å². The van der Waals surface area contributed by atoms with Crippen molar-refractivity contribution in [2.24, 2.45) is 0 Å². The highest BCUT2D eigenvalue weighted by Crippen LogP contribution is 2.34. The van der Waals surface area contributed by atoms with Crippen LogP contribution in [-0.4, -0.2) is 18.2 Å². The highest BCUT2D eigenvalue weighted by Gasteiger charge is 2.36. The van der Waals surface area contributed by atoms with E-state index in [-0.39, 0.29) is 11.7 Å². The van der Waals surface area contributed by atoms with E-state index in [1.54, 1.807) is 11.0 Å². The third-order valence-corrected chi connectivity index (χ3v) is 4.39. The molecule has 0 spiro atoms. The van der Waals surface area contributed by atoms with Crippen LogP contribution >= 0.6 is 0 Å². The number of amides is 1. The van der Waals surface area contributed by atoms with Gasteiger partial charge >= 0.3 is 0 Å². The van der Waals surface area contributed by atoms with E-state index in [4.69, 9.17) is 0 Å². The normalized spacial score (nSPS) is 14.0. The van der Waals surface area contributed by atoms with Crippen LogP contribution in [0.15, 0.2) is 12.1 Å². The molecule has 1 aliphatic heterocycles. The first-order valence-electron chi connectivity index (χ1n) is 8.04. The summed E-state index contributed by atoms with van der Waals surface area (Å²) in [6.45, 7) is 6.88. The predicted molar refractivity (Wildman–Crippen MR) is 86.0 cm³/mol. The number of Topliss-reactive ketones (excluding diaryl/α,β-unsaturated/α-hetero) is 1. The van der Waals surface area contributed by atoms with Gasteiger partial charge in [0.2, 0.25) is 0 Å². The van der Waals surface area contributed by atoms with E-state index < -0.39 is 0 Å². The van der Waals surface area contributed by atoms with E-state index >= 15 is 0 Å². The Morgan fingerprint density at radius 1 is 0.952 bits per heavy atom. The van der Waals surface area contributed by atoms with Crippen LogP contribution in [0.2, 0.25) is 0 Å². The zero-order valence-corrected chi connectivity index (χ0v) is 13.4. The van der Waals surface area contributed by atoms with Crippen molar-refractivity contribution in [3.8, 4) is 0 Å². The second-order valence-corrected chi connectivity index (χ2v) is 5.96. The lowest BCUT2D eigenvalue weighted by Gasteiger charge is -2.19. The molecule has 0 radical (unpaired) electrons. The van der Waals surface area contributed by atoms with Gasteiger partial charge in [-0.1, -0.05) is 45.1 Å². The number of ketones is 1. The molecule has 0 aromatic heterocycles. The Labute approximate surface area is 127 Å². The van der Waals surface area contributed by atoms with Gasteiger partial charge in [0, 0.05) is 6.54 Å². The minimum absolute atomic E-state index is 0.348. The van der Waals surface area contributed by atoms with Crippen molar-refractivity contribution in [2.75, 3.05) is 11.4 Å². The van der Waals surface area contributed by atoms with Crippen molar-refractivity contribution in [3.63, 3.8) is 0 Å². The van der Waals surface area contributed by atoms with E-state index in [0.29, 0.717) is 12.1 Å². The molecule has 3 nitrogen and oxygen atoms in total. The Bertz CT molecular complexity index is 548. The highest BCUT2D eigenvalue weighted by atomic mass is 16.2. The zero-order chi connectivity index (χ0) is 15.4. The maximum absolute atomic E-state index is 12.2. The fourth-order valence-electron chi connectivity index (χ4n) is 2.94. The average Bonchev–Trinajstić information content (AvgIpc) is 2.71. The summed E-state index contributed by atoms with van der Waals surface area (Å²) in [5.41, 5.74) is 3.61. The molecule has 0 atom stereocenters. The number of fused-ring (bicyclic) bond motifs is 1. The molecule has 1 heterocycles. The summed E-state index contributed by atoms with van der Waals surface area (Å²) in [6, 6.07) is 3.72. The van der Waals surface area contributed by atoms with E-state index in [0.717, 1.165) is 29.7 Å². The molecule has 3 heteroatoms. The molecule has 2 rings (SSSR count). The number of hydrogen-bond donors (Lipinski definition) is 0. The van der Waals surface area contributed by atoms with Crippen LogP contribution in [-0.2, 0) is 4.79 Å². The molecule has 114 valence electrons. The van der Waals surface area contributed by atoms with Crippen molar-refractivity contribution >= 4 is 17.4 Å². The summed E-state index contributed by atoms with van der Waals surface area (Å²) in [4.78, 5) is 25.9. The number of carbonyl (C=O) groups excluding carboxylic acids is 2. The fourth-order valence-corrected chi connectivity index (χ4v) is 2.94. The van der Waals surface area contributed by atoms with Gasteiger partial charge in [-0.2, -0.15) is 0 Å². The van der Waals surface area contributed by atoms with Crippen LogP contribution < -0.4 is 4.90 Å². The molecule has 0 aliphatic carbocycles. The molecule has 0 saturated carbocycles.